The van der Waals surface area contributed by atoms with Crippen molar-refractivity contribution >= 4 is 21.8 Å². The van der Waals surface area contributed by atoms with Gasteiger partial charge in [-0.15, -0.1) is 0 Å². The Morgan fingerprint density at radius 1 is 1.33 bits per heavy atom. The van der Waals surface area contributed by atoms with Crippen LogP contribution in [0.5, 0.6) is 0 Å². The summed E-state index contributed by atoms with van der Waals surface area (Å²) < 4.78 is 5.04. The number of hydrogen-bond donors (Lipinski definition) is 1. The zero-order chi connectivity index (χ0) is 13.5. The third-order valence-corrected chi connectivity index (χ3v) is 3.51. The highest BCUT2D eigenvalue weighted by molar-refractivity contribution is 9.09. The largest absolute Gasteiger partial charge is 0.383 e. The van der Waals surface area contributed by atoms with Crippen molar-refractivity contribution in [2.24, 2.45) is 0 Å². The minimum absolute atomic E-state index is 0.00715. The molecule has 1 atom stereocenters. The number of hydrogen-bond acceptors (Lipinski definition) is 2. The van der Waals surface area contributed by atoms with Crippen molar-refractivity contribution in [1.29, 1.82) is 0 Å². The lowest BCUT2D eigenvalue weighted by Crippen LogP contribution is -2.39. The molecule has 0 aromatic heterocycles. The van der Waals surface area contributed by atoms with Gasteiger partial charge in [0.15, 0.2) is 0 Å². The second-order valence-electron chi connectivity index (χ2n) is 4.56. The van der Waals surface area contributed by atoms with Gasteiger partial charge in [-0.2, -0.15) is 0 Å². The Hall–Kier alpha value is -0.870. The fourth-order valence-corrected chi connectivity index (χ4v) is 1.96. The Labute approximate surface area is 117 Å². The van der Waals surface area contributed by atoms with E-state index in [9.17, 15) is 4.79 Å². The molecule has 0 aliphatic rings. The van der Waals surface area contributed by atoms with E-state index >= 15 is 0 Å². The normalized spacial score (nSPS) is 12.5. The molecule has 0 heterocycles. The molecule has 1 amide bonds. The fourth-order valence-electron chi connectivity index (χ4n) is 1.61. The van der Waals surface area contributed by atoms with Gasteiger partial charge in [-0.3, -0.25) is 4.79 Å². The minimum Gasteiger partial charge on any atom is -0.383 e. The third kappa shape index (κ3) is 4.42. The first kappa shape index (κ1) is 15.2. The van der Waals surface area contributed by atoms with Crippen LogP contribution >= 0.6 is 15.9 Å². The molecule has 0 spiro atoms. The molecule has 0 aliphatic carbocycles. The Bertz CT molecular complexity index is 376. The first-order chi connectivity index (χ1) is 8.58. The lowest BCUT2D eigenvalue weighted by atomic mass is 10.0. The van der Waals surface area contributed by atoms with E-state index in [0.717, 1.165) is 0 Å². The number of nitrogens with one attached hydrogen (secondary N) is 1. The van der Waals surface area contributed by atoms with Crippen LogP contribution in [-0.4, -0.2) is 31.0 Å². The predicted octanol–water partition coefficient (Wildman–Crippen LogP) is 2.95. The van der Waals surface area contributed by atoms with E-state index in [1.165, 1.54) is 5.56 Å². The maximum Gasteiger partial charge on any atom is 0.251 e. The molecule has 0 saturated carbocycles. The van der Waals surface area contributed by atoms with Crippen molar-refractivity contribution in [3.05, 3.63) is 35.4 Å². The van der Waals surface area contributed by atoms with Gasteiger partial charge >= 0.3 is 0 Å². The fraction of sp³-hybridized carbons (Fsp3) is 0.500. The number of alkyl halides is 1. The van der Waals surface area contributed by atoms with Gasteiger partial charge < -0.3 is 10.1 Å². The highest BCUT2D eigenvalue weighted by Crippen LogP contribution is 2.14. The van der Waals surface area contributed by atoms with Crippen molar-refractivity contribution in [1.82, 2.24) is 5.32 Å². The van der Waals surface area contributed by atoms with Crippen LogP contribution < -0.4 is 5.32 Å². The Kier molecular flexibility index (Phi) is 6.36. The molecular weight excluding hydrogens is 294 g/mol. The molecule has 1 N–H and O–H groups in total. The lowest BCUT2D eigenvalue weighted by Gasteiger charge is -2.15. The van der Waals surface area contributed by atoms with Crippen LogP contribution in [0.25, 0.3) is 0 Å². The van der Waals surface area contributed by atoms with Gasteiger partial charge in [0, 0.05) is 18.0 Å². The van der Waals surface area contributed by atoms with E-state index in [2.05, 4.69) is 35.1 Å². The van der Waals surface area contributed by atoms with Crippen LogP contribution in [-0.2, 0) is 4.74 Å². The molecule has 0 radical (unpaired) electrons. The number of rotatable bonds is 6. The van der Waals surface area contributed by atoms with Crippen molar-refractivity contribution in [3.8, 4) is 0 Å². The van der Waals surface area contributed by atoms with Crippen LogP contribution in [0.1, 0.15) is 35.7 Å². The number of carbonyl (C=O) groups excluding carboxylic acids is 1. The molecule has 0 aliphatic heterocycles. The number of carbonyl (C=O) groups is 1. The summed E-state index contributed by atoms with van der Waals surface area (Å²) in [7, 11) is 1.62. The average molecular weight is 314 g/mol. The van der Waals surface area contributed by atoms with Crippen molar-refractivity contribution in [2.75, 3.05) is 19.0 Å². The van der Waals surface area contributed by atoms with Crippen molar-refractivity contribution in [3.63, 3.8) is 0 Å². The van der Waals surface area contributed by atoms with Gasteiger partial charge in [0.1, 0.15) is 0 Å². The third-order valence-electron chi connectivity index (χ3n) is 2.73. The van der Waals surface area contributed by atoms with E-state index in [1.807, 2.05) is 24.3 Å². The number of ether oxygens (including phenoxy) is 1. The van der Waals surface area contributed by atoms with Crippen molar-refractivity contribution < 1.29 is 9.53 Å². The Balaban J connectivity index is 2.66. The van der Waals surface area contributed by atoms with Crippen LogP contribution in [0.15, 0.2) is 24.3 Å². The maximum atomic E-state index is 12.0. The smallest absolute Gasteiger partial charge is 0.251 e. The van der Waals surface area contributed by atoms with E-state index in [1.54, 1.807) is 7.11 Å². The molecule has 3 nitrogen and oxygen atoms in total. The molecule has 100 valence electrons. The van der Waals surface area contributed by atoms with Crippen LogP contribution in [0.4, 0.5) is 0 Å². The second-order valence-corrected chi connectivity index (χ2v) is 5.20. The Morgan fingerprint density at radius 3 is 2.39 bits per heavy atom. The van der Waals surface area contributed by atoms with Gasteiger partial charge in [-0.1, -0.05) is 41.9 Å². The summed E-state index contributed by atoms with van der Waals surface area (Å²) >= 11 is 3.35. The molecule has 0 fully saturated rings. The maximum absolute atomic E-state index is 12.0. The number of amides is 1. The van der Waals surface area contributed by atoms with Crippen LogP contribution in [0.3, 0.4) is 0 Å². The summed E-state index contributed by atoms with van der Waals surface area (Å²) in [5.74, 6) is 0.415. The van der Waals surface area contributed by atoms with Crippen LogP contribution in [0, 0.1) is 0 Å². The average Bonchev–Trinajstić information content (AvgIpc) is 2.38. The van der Waals surface area contributed by atoms with Gasteiger partial charge in [0.25, 0.3) is 5.91 Å². The number of benzene rings is 1. The van der Waals surface area contributed by atoms with E-state index in [-0.39, 0.29) is 11.9 Å². The molecule has 4 heteroatoms. The lowest BCUT2D eigenvalue weighted by molar-refractivity contribution is 0.0908. The van der Waals surface area contributed by atoms with Crippen LogP contribution in [0.2, 0.25) is 0 Å². The van der Waals surface area contributed by atoms with Gasteiger partial charge in [0.05, 0.1) is 12.6 Å². The molecule has 18 heavy (non-hydrogen) atoms. The quantitative estimate of drug-likeness (QED) is 0.820. The minimum atomic E-state index is -0.0631. The monoisotopic (exact) mass is 313 g/mol. The SMILES string of the molecule is COCC(CBr)NC(=O)c1ccc(C(C)C)cc1. The summed E-state index contributed by atoms with van der Waals surface area (Å²) in [6.07, 6.45) is 0. The molecule has 1 aromatic carbocycles. The topological polar surface area (TPSA) is 38.3 Å². The summed E-state index contributed by atoms with van der Waals surface area (Å²) in [5.41, 5.74) is 1.92. The Morgan fingerprint density at radius 2 is 1.94 bits per heavy atom. The molecular formula is C14H20BrNO2. The molecule has 1 rings (SSSR count). The highest BCUT2D eigenvalue weighted by Gasteiger charge is 2.12. The molecule has 0 bridgehead atoms. The number of halogens is 1. The van der Waals surface area contributed by atoms with Gasteiger partial charge in [-0.25, -0.2) is 0 Å². The van der Waals surface area contributed by atoms with E-state index in [4.69, 9.17) is 4.74 Å². The zero-order valence-corrected chi connectivity index (χ0v) is 12.7. The summed E-state index contributed by atoms with van der Waals surface area (Å²) in [4.78, 5) is 12.0. The molecule has 1 unspecified atom stereocenters. The van der Waals surface area contributed by atoms with Gasteiger partial charge in [-0.05, 0) is 23.6 Å². The van der Waals surface area contributed by atoms with E-state index in [0.29, 0.717) is 23.4 Å². The standard InChI is InChI=1S/C14H20BrNO2/c1-10(2)11-4-6-12(7-5-11)14(17)16-13(8-15)9-18-3/h4-7,10,13H,8-9H2,1-3H3,(H,16,17). The molecule has 1 aromatic rings. The zero-order valence-electron chi connectivity index (χ0n) is 11.1. The van der Waals surface area contributed by atoms with E-state index < -0.39 is 0 Å². The highest BCUT2D eigenvalue weighted by atomic mass is 79.9. The first-order valence-electron chi connectivity index (χ1n) is 6.04. The molecule has 0 saturated heterocycles. The summed E-state index contributed by atoms with van der Waals surface area (Å²) in [5, 5.41) is 3.60. The van der Waals surface area contributed by atoms with Crippen molar-refractivity contribution in [2.45, 2.75) is 25.8 Å². The first-order valence-corrected chi connectivity index (χ1v) is 7.16. The summed E-state index contributed by atoms with van der Waals surface area (Å²) in [6, 6.07) is 7.72. The predicted molar refractivity (Wildman–Crippen MR) is 77.5 cm³/mol. The second kappa shape index (κ2) is 7.54. The summed E-state index contributed by atoms with van der Waals surface area (Å²) in [6.45, 7) is 4.77. The number of methoxy groups -OCH3 is 1. The van der Waals surface area contributed by atoms with Gasteiger partial charge in [0.2, 0.25) is 0 Å².